The SMILES string of the molecule is CO[Si](OC)(OC)c1ccc(NC(=O)OC(C)(C)C)cc1. The Balaban J connectivity index is 2.81. The number of hydrogen-bond donors (Lipinski definition) is 1. The molecule has 0 saturated heterocycles. The fourth-order valence-electron chi connectivity index (χ4n) is 1.78. The summed E-state index contributed by atoms with van der Waals surface area (Å²) in [6, 6.07) is 7.10. The van der Waals surface area contributed by atoms with Gasteiger partial charge in [0, 0.05) is 32.2 Å². The predicted molar refractivity (Wildman–Crippen MR) is 82.7 cm³/mol. The quantitative estimate of drug-likeness (QED) is 0.844. The van der Waals surface area contributed by atoms with Crippen LogP contribution >= 0.6 is 0 Å². The number of amides is 1. The van der Waals surface area contributed by atoms with Gasteiger partial charge in [-0.05, 0) is 32.9 Å². The second-order valence-electron chi connectivity index (χ2n) is 5.37. The smallest absolute Gasteiger partial charge is 0.444 e. The van der Waals surface area contributed by atoms with E-state index in [0.29, 0.717) is 5.69 Å². The van der Waals surface area contributed by atoms with Gasteiger partial charge < -0.3 is 18.0 Å². The van der Waals surface area contributed by atoms with Crippen LogP contribution in [0.3, 0.4) is 0 Å². The van der Waals surface area contributed by atoms with Gasteiger partial charge in [-0.25, -0.2) is 4.79 Å². The molecule has 0 aromatic heterocycles. The Hall–Kier alpha value is -1.41. The van der Waals surface area contributed by atoms with Crippen LogP contribution in [0.2, 0.25) is 0 Å². The summed E-state index contributed by atoms with van der Waals surface area (Å²) < 4.78 is 21.4. The molecule has 1 N–H and O–H groups in total. The monoisotopic (exact) mass is 313 g/mol. The van der Waals surface area contributed by atoms with Gasteiger partial charge in [0.2, 0.25) is 0 Å². The highest BCUT2D eigenvalue weighted by atomic mass is 28.4. The van der Waals surface area contributed by atoms with Crippen molar-refractivity contribution in [1.82, 2.24) is 0 Å². The Bertz CT molecular complexity index is 457. The van der Waals surface area contributed by atoms with E-state index in [1.165, 1.54) is 0 Å². The first kappa shape index (κ1) is 17.6. The number of carbonyl (C=O) groups excluding carboxylic acids is 1. The molecule has 6 nitrogen and oxygen atoms in total. The van der Waals surface area contributed by atoms with E-state index >= 15 is 0 Å². The van der Waals surface area contributed by atoms with Gasteiger partial charge in [-0.15, -0.1) is 0 Å². The third kappa shape index (κ3) is 4.82. The molecule has 118 valence electrons. The minimum atomic E-state index is -2.84. The maximum Gasteiger partial charge on any atom is 0.536 e. The summed E-state index contributed by atoms with van der Waals surface area (Å²) >= 11 is 0. The average molecular weight is 313 g/mol. The third-order valence-electron chi connectivity index (χ3n) is 2.69. The van der Waals surface area contributed by atoms with Gasteiger partial charge in [-0.2, -0.15) is 0 Å². The van der Waals surface area contributed by atoms with E-state index in [-0.39, 0.29) is 0 Å². The van der Waals surface area contributed by atoms with Gasteiger partial charge in [0.15, 0.2) is 0 Å². The van der Waals surface area contributed by atoms with Crippen LogP contribution in [0.25, 0.3) is 0 Å². The van der Waals surface area contributed by atoms with Crippen LogP contribution in [0.5, 0.6) is 0 Å². The lowest BCUT2D eigenvalue weighted by atomic mass is 10.2. The fraction of sp³-hybridized carbons (Fsp3) is 0.500. The van der Waals surface area contributed by atoms with Crippen molar-refractivity contribution in [3.05, 3.63) is 24.3 Å². The van der Waals surface area contributed by atoms with Crippen LogP contribution in [0, 0.1) is 0 Å². The zero-order valence-corrected chi connectivity index (χ0v) is 14.4. The summed E-state index contributed by atoms with van der Waals surface area (Å²) in [6.07, 6.45) is -0.496. The van der Waals surface area contributed by atoms with E-state index in [1.54, 1.807) is 45.6 Å². The van der Waals surface area contributed by atoms with Crippen molar-refractivity contribution >= 4 is 25.8 Å². The highest BCUT2D eigenvalue weighted by Gasteiger charge is 2.40. The van der Waals surface area contributed by atoms with Crippen molar-refractivity contribution in [2.45, 2.75) is 26.4 Å². The lowest BCUT2D eigenvalue weighted by Crippen LogP contribution is -2.54. The Kier molecular flexibility index (Phi) is 5.91. The Morgan fingerprint density at radius 2 is 1.48 bits per heavy atom. The summed E-state index contributed by atoms with van der Waals surface area (Å²) in [7, 11) is 1.80. The lowest BCUT2D eigenvalue weighted by Gasteiger charge is -2.24. The van der Waals surface area contributed by atoms with E-state index in [0.717, 1.165) is 5.19 Å². The molecule has 0 aliphatic heterocycles. The van der Waals surface area contributed by atoms with Gasteiger partial charge in [-0.1, -0.05) is 12.1 Å². The molecule has 0 aliphatic rings. The molecule has 0 aliphatic carbocycles. The molecule has 1 aromatic rings. The standard InChI is InChI=1S/C14H23NO5Si/c1-14(2,3)20-13(16)15-11-7-9-12(10-8-11)21(17-4,18-5)19-6/h7-10H,1-6H3,(H,15,16). The minimum absolute atomic E-state index is 0.496. The summed E-state index contributed by atoms with van der Waals surface area (Å²) in [4.78, 5) is 11.7. The van der Waals surface area contributed by atoms with Gasteiger partial charge >= 0.3 is 14.9 Å². The average Bonchev–Trinajstić information content (AvgIpc) is 2.41. The molecule has 1 amide bonds. The van der Waals surface area contributed by atoms with Crippen LogP contribution in [0.1, 0.15) is 20.8 Å². The van der Waals surface area contributed by atoms with E-state index in [1.807, 2.05) is 20.8 Å². The van der Waals surface area contributed by atoms with Crippen molar-refractivity contribution < 1.29 is 22.8 Å². The molecule has 0 heterocycles. The fourth-order valence-corrected chi connectivity index (χ4v) is 3.56. The van der Waals surface area contributed by atoms with E-state index < -0.39 is 20.5 Å². The highest BCUT2D eigenvalue weighted by molar-refractivity contribution is 6.75. The number of nitrogens with one attached hydrogen (secondary N) is 1. The Labute approximate surface area is 126 Å². The number of carbonyl (C=O) groups is 1. The second-order valence-corrected chi connectivity index (χ2v) is 8.29. The van der Waals surface area contributed by atoms with Crippen molar-refractivity contribution in [3.8, 4) is 0 Å². The van der Waals surface area contributed by atoms with Crippen LogP contribution in [-0.2, 0) is 18.0 Å². The van der Waals surface area contributed by atoms with E-state index in [9.17, 15) is 4.79 Å². The van der Waals surface area contributed by atoms with Crippen molar-refractivity contribution in [2.75, 3.05) is 26.6 Å². The van der Waals surface area contributed by atoms with Gasteiger partial charge in [0.1, 0.15) is 5.60 Å². The van der Waals surface area contributed by atoms with Crippen LogP contribution in [0.4, 0.5) is 10.5 Å². The number of ether oxygens (including phenoxy) is 1. The van der Waals surface area contributed by atoms with Crippen LogP contribution in [-0.4, -0.2) is 41.8 Å². The zero-order chi connectivity index (χ0) is 16.1. The maximum absolute atomic E-state index is 11.7. The van der Waals surface area contributed by atoms with Crippen molar-refractivity contribution in [2.24, 2.45) is 0 Å². The number of hydrogen-bond acceptors (Lipinski definition) is 5. The van der Waals surface area contributed by atoms with E-state index in [4.69, 9.17) is 18.0 Å². The molecule has 0 saturated carbocycles. The molecule has 0 radical (unpaired) electrons. The second kappa shape index (κ2) is 7.03. The normalized spacial score (nSPS) is 12.1. The summed E-state index contributed by atoms with van der Waals surface area (Å²) in [5.41, 5.74) is 0.0908. The number of benzene rings is 1. The third-order valence-corrected chi connectivity index (χ3v) is 5.34. The van der Waals surface area contributed by atoms with E-state index in [2.05, 4.69) is 5.32 Å². The minimum Gasteiger partial charge on any atom is -0.444 e. The maximum atomic E-state index is 11.7. The number of anilines is 1. The molecular weight excluding hydrogens is 290 g/mol. The van der Waals surface area contributed by atoms with Gasteiger partial charge in [0.25, 0.3) is 0 Å². The Morgan fingerprint density at radius 1 is 1.00 bits per heavy atom. The molecule has 0 fully saturated rings. The van der Waals surface area contributed by atoms with Crippen LogP contribution in [0.15, 0.2) is 24.3 Å². The molecule has 0 atom stereocenters. The largest absolute Gasteiger partial charge is 0.536 e. The topological polar surface area (TPSA) is 66.0 Å². The molecule has 0 spiro atoms. The molecule has 21 heavy (non-hydrogen) atoms. The molecule has 0 unspecified atom stereocenters. The molecule has 1 rings (SSSR count). The van der Waals surface area contributed by atoms with Crippen LogP contribution < -0.4 is 10.5 Å². The summed E-state index contributed by atoms with van der Waals surface area (Å²) in [6.45, 7) is 5.43. The molecule has 7 heteroatoms. The predicted octanol–water partition coefficient (Wildman–Crippen LogP) is 2.12. The first-order chi connectivity index (χ1) is 9.76. The molecule has 0 bridgehead atoms. The lowest BCUT2D eigenvalue weighted by molar-refractivity contribution is 0.0636. The first-order valence-electron chi connectivity index (χ1n) is 6.52. The molecular formula is C14H23NO5Si. The first-order valence-corrected chi connectivity index (χ1v) is 8.25. The zero-order valence-electron chi connectivity index (χ0n) is 13.4. The summed E-state index contributed by atoms with van der Waals surface area (Å²) in [5.74, 6) is 0. The highest BCUT2D eigenvalue weighted by Crippen LogP contribution is 2.13. The van der Waals surface area contributed by atoms with Crippen molar-refractivity contribution in [3.63, 3.8) is 0 Å². The Morgan fingerprint density at radius 3 is 1.86 bits per heavy atom. The van der Waals surface area contributed by atoms with Gasteiger partial charge in [0.05, 0.1) is 0 Å². The number of rotatable bonds is 5. The summed E-state index contributed by atoms with van der Waals surface area (Å²) in [5, 5.41) is 3.47. The van der Waals surface area contributed by atoms with Gasteiger partial charge in [-0.3, -0.25) is 5.32 Å². The molecule has 1 aromatic carbocycles. The van der Waals surface area contributed by atoms with Crippen molar-refractivity contribution in [1.29, 1.82) is 0 Å².